The molecule has 4 nitrogen and oxygen atoms in total. The predicted octanol–water partition coefficient (Wildman–Crippen LogP) is 3.25. The van der Waals surface area contributed by atoms with Gasteiger partial charge in [-0.05, 0) is 25.0 Å². The van der Waals surface area contributed by atoms with Crippen molar-refractivity contribution in [2.45, 2.75) is 26.7 Å². The molecule has 0 saturated carbocycles. The van der Waals surface area contributed by atoms with E-state index in [1.54, 1.807) is 19.1 Å². The lowest BCUT2D eigenvalue weighted by molar-refractivity contribution is 0.453. The molecule has 0 unspecified atom stereocenters. The van der Waals surface area contributed by atoms with Crippen LogP contribution in [0.2, 0.25) is 0 Å². The van der Waals surface area contributed by atoms with Gasteiger partial charge in [0.05, 0.1) is 0 Å². The fourth-order valence-electron chi connectivity index (χ4n) is 1.64. The molecule has 2 aromatic rings. The summed E-state index contributed by atoms with van der Waals surface area (Å²) in [4.78, 5) is 8.34. The normalized spacial score (nSPS) is 10.5. The number of hydrogen-bond donors (Lipinski definition) is 1. The van der Waals surface area contributed by atoms with Gasteiger partial charge in [-0.3, -0.25) is 0 Å². The zero-order chi connectivity index (χ0) is 13.8. The fourth-order valence-corrected chi connectivity index (χ4v) is 1.64. The Morgan fingerprint density at radius 2 is 2.05 bits per heavy atom. The third-order valence-corrected chi connectivity index (χ3v) is 2.61. The first kappa shape index (κ1) is 13.3. The summed E-state index contributed by atoms with van der Waals surface area (Å²) in [7, 11) is 0. The molecule has 2 rings (SSSR count). The molecule has 100 valence electrons. The van der Waals surface area contributed by atoms with Crippen LogP contribution < -0.4 is 10.5 Å². The first-order valence-electron chi connectivity index (χ1n) is 6.16. The second-order valence-corrected chi connectivity index (χ2v) is 4.31. The number of hydrogen-bond acceptors (Lipinski definition) is 4. The molecular weight excluding hydrogens is 245 g/mol. The Morgan fingerprint density at radius 3 is 2.74 bits per heavy atom. The first-order chi connectivity index (χ1) is 9.08. The lowest BCUT2D eigenvalue weighted by atomic mass is 10.2. The van der Waals surface area contributed by atoms with Crippen molar-refractivity contribution in [2.75, 3.05) is 5.73 Å². The van der Waals surface area contributed by atoms with Crippen LogP contribution in [0.25, 0.3) is 0 Å². The van der Waals surface area contributed by atoms with E-state index in [1.807, 2.05) is 6.92 Å². The average molecular weight is 261 g/mol. The molecule has 0 radical (unpaired) electrons. The number of aromatic nitrogens is 2. The molecule has 1 heterocycles. The van der Waals surface area contributed by atoms with Gasteiger partial charge in [-0.1, -0.05) is 13.0 Å². The van der Waals surface area contributed by atoms with Gasteiger partial charge in [-0.2, -0.15) is 4.98 Å². The van der Waals surface area contributed by atoms with E-state index < -0.39 is 0 Å². The molecule has 5 heteroatoms. The summed E-state index contributed by atoms with van der Waals surface area (Å²) in [5.74, 6) is 1.39. The highest BCUT2D eigenvalue weighted by Gasteiger charge is 2.06. The molecule has 0 amide bonds. The van der Waals surface area contributed by atoms with Gasteiger partial charge in [-0.25, -0.2) is 9.37 Å². The minimum Gasteiger partial charge on any atom is -0.439 e. The number of rotatable bonds is 4. The molecular formula is C14H16FN3O. The number of anilines is 1. The lowest BCUT2D eigenvalue weighted by Gasteiger charge is -2.08. The number of ether oxygens (including phenoxy) is 1. The molecule has 0 aliphatic rings. The standard InChI is InChI=1S/C14H16FN3O/c1-3-4-13-17-12(16)8-14(18-13)19-10-6-5-9(2)11(15)7-10/h5-8H,3-4H2,1-2H3,(H2,16,17,18). The molecule has 0 saturated heterocycles. The molecule has 1 aromatic heterocycles. The molecule has 2 N–H and O–H groups in total. The van der Waals surface area contributed by atoms with E-state index in [-0.39, 0.29) is 5.82 Å². The van der Waals surface area contributed by atoms with Crippen LogP contribution in [0, 0.1) is 12.7 Å². The SMILES string of the molecule is CCCc1nc(N)cc(Oc2ccc(C)c(F)c2)n1. The van der Waals surface area contributed by atoms with E-state index in [2.05, 4.69) is 9.97 Å². The highest BCUT2D eigenvalue weighted by molar-refractivity contribution is 5.36. The van der Waals surface area contributed by atoms with Gasteiger partial charge in [0.25, 0.3) is 0 Å². The number of nitrogens with two attached hydrogens (primary N) is 1. The molecule has 0 fully saturated rings. The van der Waals surface area contributed by atoms with Crippen molar-refractivity contribution < 1.29 is 9.13 Å². The van der Waals surface area contributed by atoms with Gasteiger partial charge < -0.3 is 10.5 Å². The summed E-state index contributed by atoms with van der Waals surface area (Å²) in [6.07, 6.45) is 1.64. The largest absolute Gasteiger partial charge is 0.439 e. The molecule has 0 spiro atoms. The average Bonchev–Trinajstić information content (AvgIpc) is 2.33. The molecule has 1 aromatic carbocycles. The third-order valence-electron chi connectivity index (χ3n) is 2.61. The number of benzene rings is 1. The van der Waals surface area contributed by atoms with Gasteiger partial charge >= 0.3 is 0 Å². The molecule has 0 aliphatic heterocycles. The van der Waals surface area contributed by atoms with E-state index in [1.165, 1.54) is 12.1 Å². The van der Waals surface area contributed by atoms with Gasteiger partial charge in [-0.15, -0.1) is 0 Å². The van der Waals surface area contributed by atoms with Gasteiger partial charge in [0.2, 0.25) is 5.88 Å². The first-order valence-corrected chi connectivity index (χ1v) is 6.16. The highest BCUT2D eigenvalue weighted by atomic mass is 19.1. The van der Waals surface area contributed by atoms with Crippen molar-refractivity contribution in [1.82, 2.24) is 9.97 Å². The minimum absolute atomic E-state index is 0.312. The Balaban J connectivity index is 2.24. The Morgan fingerprint density at radius 1 is 1.26 bits per heavy atom. The van der Waals surface area contributed by atoms with Crippen molar-refractivity contribution >= 4 is 5.82 Å². The van der Waals surface area contributed by atoms with Crippen LogP contribution >= 0.6 is 0 Å². The second kappa shape index (κ2) is 5.65. The number of nitrogens with zero attached hydrogens (tertiary/aromatic N) is 2. The van der Waals surface area contributed by atoms with E-state index in [9.17, 15) is 4.39 Å². The van der Waals surface area contributed by atoms with Crippen LogP contribution in [0.3, 0.4) is 0 Å². The van der Waals surface area contributed by atoms with Crippen molar-refractivity contribution in [1.29, 1.82) is 0 Å². The quantitative estimate of drug-likeness (QED) is 0.917. The van der Waals surface area contributed by atoms with Crippen molar-refractivity contribution in [3.05, 3.63) is 41.5 Å². The maximum Gasteiger partial charge on any atom is 0.224 e. The monoisotopic (exact) mass is 261 g/mol. The third kappa shape index (κ3) is 3.40. The number of aryl methyl sites for hydroxylation is 2. The van der Waals surface area contributed by atoms with Gasteiger partial charge in [0, 0.05) is 18.6 Å². The summed E-state index contributed by atoms with van der Waals surface area (Å²) < 4.78 is 18.9. The number of halogens is 1. The molecule has 0 aliphatic carbocycles. The Hall–Kier alpha value is -2.17. The molecule has 0 atom stereocenters. The van der Waals surface area contributed by atoms with Crippen LogP contribution in [0.15, 0.2) is 24.3 Å². The van der Waals surface area contributed by atoms with E-state index in [0.29, 0.717) is 28.8 Å². The topological polar surface area (TPSA) is 61.0 Å². The van der Waals surface area contributed by atoms with E-state index in [0.717, 1.165) is 12.8 Å². The van der Waals surface area contributed by atoms with Crippen LogP contribution in [-0.2, 0) is 6.42 Å². The van der Waals surface area contributed by atoms with Gasteiger partial charge in [0.15, 0.2) is 0 Å². The second-order valence-electron chi connectivity index (χ2n) is 4.31. The molecule has 19 heavy (non-hydrogen) atoms. The Bertz CT molecular complexity index is 587. The predicted molar refractivity (Wildman–Crippen MR) is 71.7 cm³/mol. The van der Waals surface area contributed by atoms with E-state index in [4.69, 9.17) is 10.5 Å². The van der Waals surface area contributed by atoms with Crippen molar-refractivity contribution in [2.24, 2.45) is 0 Å². The lowest BCUT2D eigenvalue weighted by Crippen LogP contribution is -2.01. The maximum atomic E-state index is 13.4. The summed E-state index contributed by atoms with van der Waals surface area (Å²) >= 11 is 0. The highest BCUT2D eigenvalue weighted by Crippen LogP contribution is 2.23. The van der Waals surface area contributed by atoms with Crippen LogP contribution in [0.1, 0.15) is 24.7 Å². The number of nitrogen functional groups attached to an aromatic ring is 1. The van der Waals surface area contributed by atoms with Crippen LogP contribution in [0.4, 0.5) is 10.2 Å². The van der Waals surface area contributed by atoms with Crippen LogP contribution in [-0.4, -0.2) is 9.97 Å². The summed E-state index contributed by atoms with van der Waals surface area (Å²) in [6.45, 7) is 3.73. The zero-order valence-corrected chi connectivity index (χ0v) is 11.0. The minimum atomic E-state index is -0.312. The van der Waals surface area contributed by atoms with Gasteiger partial charge in [0.1, 0.15) is 23.2 Å². The summed E-state index contributed by atoms with van der Waals surface area (Å²) in [6, 6.07) is 6.20. The van der Waals surface area contributed by atoms with Crippen molar-refractivity contribution in [3.63, 3.8) is 0 Å². The van der Waals surface area contributed by atoms with Crippen LogP contribution in [0.5, 0.6) is 11.6 Å². The zero-order valence-electron chi connectivity index (χ0n) is 11.0. The maximum absolute atomic E-state index is 13.4. The van der Waals surface area contributed by atoms with E-state index >= 15 is 0 Å². The Labute approximate surface area is 111 Å². The summed E-state index contributed by atoms with van der Waals surface area (Å²) in [5.41, 5.74) is 6.26. The van der Waals surface area contributed by atoms with Crippen molar-refractivity contribution in [3.8, 4) is 11.6 Å². The fraction of sp³-hybridized carbons (Fsp3) is 0.286. The smallest absolute Gasteiger partial charge is 0.224 e. The Kier molecular flexibility index (Phi) is 3.94. The molecule has 0 bridgehead atoms. The summed E-state index contributed by atoms with van der Waals surface area (Å²) in [5, 5.41) is 0.